The van der Waals surface area contributed by atoms with Crippen LogP contribution in [0.5, 0.6) is 0 Å². The fourth-order valence-electron chi connectivity index (χ4n) is 7.18. The van der Waals surface area contributed by atoms with E-state index in [2.05, 4.69) is 15.1 Å². The predicted molar refractivity (Wildman–Crippen MR) is 186 cm³/mol. The van der Waals surface area contributed by atoms with Gasteiger partial charge in [-0.2, -0.15) is 0 Å². The van der Waals surface area contributed by atoms with E-state index in [9.17, 15) is 24.5 Å². The SMILES string of the molecule is O=C(/C=C/c1ccccc1)Nc1cc(C(=O)N2CCN(c3ccc([N+](=O)[O-])cc3)CC2)ccc1N1C[C@H]2C[C@@H](C1)c1cccc(=O)n1C2. The molecule has 11 nitrogen and oxygen atoms in total. The normalized spacial score (nSPS) is 18.8. The lowest BCUT2D eigenvalue weighted by Crippen LogP contribution is -2.49. The van der Waals surface area contributed by atoms with Gasteiger partial charge in [0.15, 0.2) is 0 Å². The number of non-ortho nitro benzene ring substituents is 1. The van der Waals surface area contributed by atoms with Gasteiger partial charge in [-0.15, -0.1) is 0 Å². The van der Waals surface area contributed by atoms with Gasteiger partial charge >= 0.3 is 0 Å². The highest BCUT2D eigenvalue weighted by atomic mass is 16.6. The zero-order valence-corrected chi connectivity index (χ0v) is 26.4. The van der Waals surface area contributed by atoms with Crippen molar-refractivity contribution in [3.05, 3.63) is 134 Å². The van der Waals surface area contributed by atoms with Gasteiger partial charge in [0.25, 0.3) is 17.2 Å². The fraction of sp³-hybridized carbons (Fsp3) is 0.270. The number of carbonyl (C=O) groups is 2. The van der Waals surface area contributed by atoms with Gasteiger partial charge in [-0.25, -0.2) is 0 Å². The number of amides is 2. The Morgan fingerprint density at radius 3 is 2.35 bits per heavy atom. The largest absolute Gasteiger partial charge is 0.369 e. The molecule has 4 heterocycles. The number of carbonyl (C=O) groups excluding carboxylic acids is 2. The summed E-state index contributed by atoms with van der Waals surface area (Å²) in [4.78, 5) is 56.4. The third-order valence-corrected chi connectivity index (χ3v) is 9.54. The molecular formula is C37H36N6O5. The first-order valence-electron chi connectivity index (χ1n) is 16.2. The summed E-state index contributed by atoms with van der Waals surface area (Å²) in [5.74, 6) is 0.0482. The number of nitrogens with one attached hydrogen (secondary N) is 1. The molecule has 7 rings (SSSR count). The van der Waals surface area contributed by atoms with E-state index >= 15 is 0 Å². The molecule has 0 aliphatic carbocycles. The maximum absolute atomic E-state index is 13.8. The summed E-state index contributed by atoms with van der Waals surface area (Å²) < 4.78 is 1.90. The molecular weight excluding hydrogens is 608 g/mol. The van der Waals surface area contributed by atoms with Gasteiger partial charge < -0.3 is 24.6 Å². The van der Waals surface area contributed by atoms with Crippen molar-refractivity contribution >= 4 is 40.6 Å². The van der Waals surface area contributed by atoms with Gasteiger partial charge in [-0.1, -0.05) is 36.4 Å². The van der Waals surface area contributed by atoms with E-state index in [0.29, 0.717) is 50.5 Å². The monoisotopic (exact) mass is 644 g/mol. The Balaban J connectivity index is 1.11. The highest BCUT2D eigenvalue weighted by Gasteiger charge is 2.35. The van der Waals surface area contributed by atoms with E-state index in [1.54, 1.807) is 35.2 Å². The van der Waals surface area contributed by atoms with E-state index in [1.165, 1.54) is 18.2 Å². The average Bonchev–Trinajstić information content (AvgIpc) is 3.11. The lowest BCUT2D eigenvalue weighted by atomic mass is 9.83. The van der Waals surface area contributed by atoms with Crippen LogP contribution in [0.2, 0.25) is 0 Å². The van der Waals surface area contributed by atoms with E-state index in [-0.39, 0.29) is 34.9 Å². The van der Waals surface area contributed by atoms with E-state index in [4.69, 9.17) is 0 Å². The molecule has 3 aromatic carbocycles. The molecule has 0 spiro atoms. The summed E-state index contributed by atoms with van der Waals surface area (Å²) in [7, 11) is 0. The molecule has 0 saturated carbocycles. The number of nitro benzene ring substituents is 1. The van der Waals surface area contributed by atoms with Crippen LogP contribution in [0.3, 0.4) is 0 Å². The molecule has 2 atom stereocenters. The number of piperazine rings is 1. The van der Waals surface area contributed by atoms with Crippen molar-refractivity contribution in [2.24, 2.45) is 5.92 Å². The summed E-state index contributed by atoms with van der Waals surface area (Å²) in [6, 6.07) is 27.1. The third-order valence-electron chi connectivity index (χ3n) is 9.54. The molecule has 2 bridgehead atoms. The van der Waals surface area contributed by atoms with Crippen LogP contribution < -0.4 is 20.7 Å². The molecule has 11 heteroatoms. The van der Waals surface area contributed by atoms with Crippen molar-refractivity contribution in [2.75, 3.05) is 54.4 Å². The third kappa shape index (κ3) is 6.44. The molecule has 3 aliphatic rings. The summed E-state index contributed by atoms with van der Waals surface area (Å²) in [6.45, 7) is 4.26. The van der Waals surface area contributed by atoms with Gasteiger partial charge in [0.05, 0.1) is 16.3 Å². The number of nitro groups is 1. The topological polar surface area (TPSA) is 121 Å². The highest BCUT2D eigenvalue weighted by Crippen LogP contribution is 2.39. The smallest absolute Gasteiger partial charge is 0.269 e. The average molecular weight is 645 g/mol. The molecule has 0 radical (unpaired) electrons. The lowest BCUT2D eigenvalue weighted by molar-refractivity contribution is -0.384. The molecule has 1 aromatic heterocycles. The first-order valence-corrected chi connectivity index (χ1v) is 16.2. The molecule has 2 amide bonds. The van der Waals surface area contributed by atoms with Crippen molar-refractivity contribution < 1.29 is 14.5 Å². The zero-order chi connectivity index (χ0) is 33.2. The minimum absolute atomic E-state index is 0.0326. The van der Waals surface area contributed by atoms with Crippen LogP contribution >= 0.6 is 0 Å². The number of nitrogens with zero attached hydrogens (tertiary/aromatic N) is 5. The zero-order valence-electron chi connectivity index (χ0n) is 26.4. The predicted octanol–water partition coefficient (Wildman–Crippen LogP) is 4.99. The van der Waals surface area contributed by atoms with Gasteiger partial charge in [-0.05, 0) is 60.4 Å². The van der Waals surface area contributed by atoms with E-state index in [1.807, 2.05) is 59.2 Å². The number of rotatable bonds is 7. The Morgan fingerprint density at radius 2 is 1.60 bits per heavy atom. The number of anilines is 3. The first kappa shape index (κ1) is 30.9. The summed E-state index contributed by atoms with van der Waals surface area (Å²) in [5.41, 5.74) is 4.80. The van der Waals surface area contributed by atoms with Crippen LogP contribution in [0.15, 0.2) is 102 Å². The number of piperidine rings is 1. The van der Waals surface area contributed by atoms with Crippen LogP contribution in [-0.2, 0) is 11.3 Å². The minimum atomic E-state index is -0.416. The lowest BCUT2D eigenvalue weighted by Gasteiger charge is -2.44. The Morgan fingerprint density at radius 1 is 0.833 bits per heavy atom. The van der Waals surface area contributed by atoms with Crippen LogP contribution in [0.25, 0.3) is 6.08 Å². The molecule has 4 aromatic rings. The fourth-order valence-corrected chi connectivity index (χ4v) is 7.18. The Labute approximate surface area is 277 Å². The molecule has 2 fully saturated rings. The van der Waals surface area contributed by atoms with Crippen molar-refractivity contribution in [3.63, 3.8) is 0 Å². The Hall–Kier alpha value is -5.71. The standard InChI is InChI=1S/C37H36N6O5/c44-35(16-9-26-5-2-1-3-6-26)38-32-22-28(37(46)40-19-17-39(18-20-40)30-11-13-31(14-12-30)43(47)48)10-15-34(32)41-23-27-21-29(25-41)33-7-4-8-36(45)42(33)24-27/h1-16,22,27,29H,17-21,23-25H2,(H,38,44)/b16-9+/t27-,29+/m1/s1. The number of benzene rings is 3. The Kier molecular flexibility index (Phi) is 8.49. The van der Waals surface area contributed by atoms with Gasteiger partial charge in [0.2, 0.25) is 5.91 Å². The number of fused-ring (bicyclic) bond motifs is 4. The number of hydrogen-bond acceptors (Lipinski definition) is 7. The summed E-state index contributed by atoms with van der Waals surface area (Å²) >= 11 is 0. The number of aromatic nitrogens is 1. The van der Waals surface area contributed by atoms with E-state index < -0.39 is 4.92 Å². The maximum atomic E-state index is 13.8. The highest BCUT2D eigenvalue weighted by molar-refractivity contribution is 6.05. The molecule has 2 saturated heterocycles. The summed E-state index contributed by atoms with van der Waals surface area (Å²) in [6.07, 6.45) is 4.26. The van der Waals surface area contributed by atoms with Crippen molar-refractivity contribution in [2.45, 2.75) is 18.9 Å². The van der Waals surface area contributed by atoms with Gasteiger partial charge in [0, 0.05) is 93.0 Å². The maximum Gasteiger partial charge on any atom is 0.269 e. The van der Waals surface area contributed by atoms with Crippen LogP contribution in [-0.4, -0.2) is 65.5 Å². The van der Waals surface area contributed by atoms with Gasteiger partial charge in [-0.3, -0.25) is 24.5 Å². The second-order valence-corrected chi connectivity index (χ2v) is 12.6. The van der Waals surface area contributed by atoms with E-state index in [0.717, 1.165) is 35.6 Å². The number of hydrogen-bond donors (Lipinski definition) is 1. The van der Waals surface area contributed by atoms with Crippen molar-refractivity contribution in [1.29, 1.82) is 0 Å². The number of pyridine rings is 1. The summed E-state index contributed by atoms with van der Waals surface area (Å²) in [5, 5.41) is 14.1. The molecule has 0 unspecified atom stereocenters. The van der Waals surface area contributed by atoms with Gasteiger partial charge in [0.1, 0.15) is 0 Å². The van der Waals surface area contributed by atoms with Crippen molar-refractivity contribution in [1.82, 2.24) is 9.47 Å². The van der Waals surface area contributed by atoms with Crippen LogP contribution in [0.1, 0.15) is 34.0 Å². The molecule has 244 valence electrons. The second-order valence-electron chi connectivity index (χ2n) is 12.6. The molecule has 48 heavy (non-hydrogen) atoms. The molecule has 1 N–H and O–H groups in total. The second kappa shape index (κ2) is 13.2. The Bertz CT molecular complexity index is 1930. The first-order chi connectivity index (χ1) is 23.3. The van der Waals surface area contributed by atoms with Crippen LogP contribution in [0, 0.1) is 16.0 Å². The minimum Gasteiger partial charge on any atom is -0.369 e. The quantitative estimate of drug-likeness (QED) is 0.171. The van der Waals surface area contributed by atoms with Crippen LogP contribution in [0.4, 0.5) is 22.7 Å². The molecule has 3 aliphatic heterocycles. The van der Waals surface area contributed by atoms with Crippen molar-refractivity contribution in [3.8, 4) is 0 Å².